The van der Waals surface area contributed by atoms with Crippen LogP contribution in [0.2, 0.25) is 0 Å². The highest BCUT2D eigenvalue weighted by Crippen LogP contribution is 2.66. The van der Waals surface area contributed by atoms with E-state index in [9.17, 15) is 102 Å². The van der Waals surface area contributed by atoms with Gasteiger partial charge in [0.1, 0.15) is 59.3 Å². The first-order chi connectivity index (χ1) is 54.7. The van der Waals surface area contributed by atoms with Crippen molar-refractivity contribution in [3.63, 3.8) is 0 Å². The number of phosphoric acid groups is 3. The summed E-state index contributed by atoms with van der Waals surface area (Å²) in [4.78, 5) is 126. The fourth-order valence-corrected chi connectivity index (χ4v) is 19.9. The van der Waals surface area contributed by atoms with Crippen LogP contribution in [0.4, 0.5) is 39.5 Å². The molecule has 0 amide bonds. The number of nitrogens with one attached hydrogen (secondary N) is 3. The van der Waals surface area contributed by atoms with E-state index in [4.69, 9.17) is 54.0 Å². The zero-order valence-corrected chi connectivity index (χ0v) is 70.0. The number of carbonyl (C=O) groups excluding carboxylic acids is 1. The van der Waals surface area contributed by atoms with E-state index in [1.807, 2.05) is 25.8 Å². The average molecular weight is 1890 g/mol. The van der Waals surface area contributed by atoms with Crippen molar-refractivity contribution in [2.24, 2.45) is 0 Å². The van der Waals surface area contributed by atoms with E-state index in [2.05, 4.69) is 58.6 Å². The molecule has 3 fully saturated rings. The maximum atomic E-state index is 13.1. The van der Waals surface area contributed by atoms with E-state index in [1.165, 1.54) is 78.6 Å². The monoisotopic (exact) mass is 1890 g/mol. The number of fused-ring (bicyclic) bond motifs is 1. The Balaban J connectivity index is 0.000000207. The molecule has 15 unspecified atom stereocenters. The minimum absolute atomic E-state index is 0.0404. The summed E-state index contributed by atoms with van der Waals surface area (Å²) in [5, 5.41) is 29.7. The van der Waals surface area contributed by atoms with Gasteiger partial charge in [0, 0.05) is 71.8 Å². The van der Waals surface area contributed by atoms with Gasteiger partial charge in [-0.2, -0.15) is 22.7 Å². The lowest BCUT2D eigenvalue weighted by Gasteiger charge is -2.24. The van der Waals surface area contributed by atoms with Crippen LogP contribution in [-0.4, -0.2) is 171 Å². The number of aromatic amines is 3. The van der Waals surface area contributed by atoms with E-state index in [0.29, 0.717) is 52.3 Å². The Labute approximate surface area is 680 Å². The number of nitrogens with zero attached hydrogens (tertiary/aromatic N) is 12. The second-order valence-corrected chi connectivity index (χ2v) is 38.1. The van der Waals surface area contributed by atoms with E-state index in [-0.39, 0.29) is 56.0 Å². The number of hydrogen-bond acceptors (Lipinski definition) is 34. The van der Waals surface area contributed by atoms with Crippen molar-refractivity contribution >= 4 is 113 Å². The predicted molar refractivity (Wildman–Crippen MR) is 400 cm³/mol. The number of alkyl halides is 9. The number of aliphatic hydroxyl groups is 1. The molecule has 1 aromatic carbocycles. The van der Waals surface area contributed by atoms with E-state index < -0.39 is 175 Å². The van der Waals surface area contributed by atoms with Crippen LogP contribution in [0.3, 0.4) is 0 Å². The Morgan fingerprint density at radius 1 is 0.538 bits per heavy atom. The van der Waals surface area contributed by atoms with Crippen LogP contribution in [0.5, 0.6) is 5.75 Å². The molecule has 650 valence electrons. The summed E-state index contributed by atoms with van der Waals surface area (Å²) in [6.45, 7) is 10.4. The Bertz CT molecular complexity index is 4910. The fourth-order valence-electron chi connectivity index (χ4n) is 10.3. The van der Waals surface area contributed by atoms with Gasteiger partial charge < -0.3 is 62.1 Å². The maximum Gasteiger partial charge on any atom is 0.505 e. The van der Waals surface area contributed by atoms with Crippen molar-refractivity contribution in [3.8, 4) is 5.75 Å². The van der Waals surface area contributed by atoms with Crippen LogP contribution in [0.1, 0.15) is 133 Å². The summed E-state index contributed by atoms with van der Waals surface area (Å²) in [5.74, 6) is 1.93. The molecule has 4 aliphatic rings. The van der Waals surface area contributed by atoms with Crippen molar-refractivity contribution in [2.75, 3.05) is 30.5 Å². The van der Waals surface area contributed by atoms with E-state index in [0.717, 1.165) is 44.7 Å². The number of ether oxygens (including phenoxy) is 6. The van der Waals surface area contributed by atoms with Crippen molar-refractivity contribution < 1.29 is 133 Å². The summed E-state index contributed by atoms with van der Waals surface area (Å²) in [7, 11) is -11.4. The highest BCUT2D eigenvalue weighted by atomic mass is 35.7. The number of aromatic nitrogens is 15. The van der Waals surface area contributed by atoms with Crippen LogP contribution < -0.4 is 38.3 Å². The number of aryl methyl sites for hydroxylation is 3. The topological polar surface area (TPSA) is 528 Å². The molecule has 0 radical (unpaired) electrons. The van der Waals surface area contributed by atoms with E-state index >= 15 is 0 Å². The quantitative estimate of drug-likeness (QED) is 0.00898. The van der Waals surface area contributed by atoms with Crippen molar-refractivity contribution in [3.05, 3.63) is 163 Å². The first-order valence-corrected chi connectivity index (χ1v) is 47.1. The average Bonchev–Trinajstić information content (AvgIpc) is 1.74. The first kappa shape index (κ1) is 96.7. The standard InChI is InChI=1S/C17H22F3N5O4S2.C16H23F3N5O14P3S2.C16H20F3N5O5S2.C7H4ClO3P/c1-4-11-12(6-13(28-11)24-7-9(3)14(26)21-16(24)27)29-15(31-30-5-2)10-8-25(23-22-10)17(18,19)20;1-3-42-43-14(9-6-24(22-21-9)16(17,18)19)36-10-4-12(23-5-8(2)13(25)20-15(23)26)35-11(10)7-34-40(30,31)38-41(32,33)37-39(27,28)29;1-3-30-31-14(9-6-24(22-21-9)16(17,18)19)29-10-4-12(28-11(10)7-25)23-5-8(2)13(26)20-15(23)27;8-12-10-6-4-2-1-3-5(6)7(9)11-12/h7-8,11-13,15H,4-6H2,1-3H3,(H,21,26,27);5-6,10-12,14H,3-4,7H2,1-2H3,(H,30,31)(H,32,33)(H,20,25,26)(H2,27,28,29);5-6,10-12,14,25H,3-4,7H2,1-2H3,(H,20,26,27);1-4H. The number of hydrogen-bond donors (Lipinski definition) is 8. The summed E-state index contributed by atoms with van der Waals surface area (Å²) >= 11 is 5.54. The molecular weight excluding hydrogens is 1820 g/mol. The third-order valence-electron chi connectivity index (χ3n) is 15.5. The zero-order valence-electron chi connectivity index (χ0n) is 60.8. The molecule has 0 aliphatic carbocycles. The number of H-pyrrole nitrogens is 3. The van der Waals surface area contributed by atoms with Crippen LogP contribution in [0, 0.1) is 20.8 Å². The van der Waals surface area contributed by atoms with Crippen LogP contribution in [0.25, 0.3) is 0 Å². The molecule has 8 N–H and O–H groups in total. The molecule has 4 aliphatic heterocycles. The van der Waals surface area contributed by atoms with Gasteiger partial charge in [0.05, 0.1) is 56.2 Å². The molecule has 11 rings (SSSR count). The van der Waals surface area contributed by atoms with Gasteiger partial charge in [0.25, 0.3) is 16.7 Å². The van der Waals surface area contributed by atoms with Crippen LogP contribution in [-0.2, 0) is 78.7 Å². The van der Waals surface area contributed by atoms with Crippen LogP contribution in [0.15, 0.2) is 90.2 Å². The number of halogens is 10. The van der Waals surface area contributed by atoms with Gasteiger partial charge >= 0.3 is 73.1 Å². The van der Waals surface area contributed by atoms with Crippen molar-refractivity contribution in [1.29, 1.82) is 0 Å². The molecule has 41 nitrogen and oxygen atoms in total. The second kappa shape index (κ2) is 41.9. The van der Waals surface area contributed by atoms with Gasteiger partial charge in [0.15, 0.2) is 16.3 Å². The summed E-state index contributed by atoms with van der Waals surface area (Å²) in [5.41, 5.74) is -5.99. The normalized spacial score (nSPS) is 22.7. The lowest BCUT2D eigenvalue weighted by atomic mass is 10.1. The number of para-hydroxylation sites is 1. The summed E-state index contributed by atoms with van der Waals surface area (Å²) in [6, 6.07) is 6.84. The predicted octanol–water partition coefficient (Wildman–Crippen LogP) is 9.50. The minimum atomic E-state index is -5.84. The highest BCUT2D eigenvalue weighted by Gasteiger charge is 2.47. The largest absolute Gasteiger partial charge is 0.505 e. The Morgan fingerprint density at radius 2 is 0.897 bits per heavy atom. The smallest absolute Gasteiger partial charge is 0.426 e. The first-order valence-electron chi connectivity index (χ1n) is 33.3. The Morgan fingerprint density at radius 3 is 1.25 bits per heavy atom. The van der Waals surface area contributed by atoms with Gasteiger partial charge in [-0.1, -0.05) is 120 Å². The van der Waals surface area contributed by atoms with E-state index in [1.54, 1.807) is 38.1 Å². The lowest BCUT2D eigenvalue weighted by Crippen LogP contribution is -2.33. The molecule has 0 saturated carbocycles. The van der Waals surface area contributed by atoms with Gasteiger partial charge in [-0.05, 0) is 50.6 Å². The Hall–Kier alpha value is -5.73. The summed E-state index contributed by atoms with van der Waals surface area (Å²) < 4.78 is 211. The molecular formula is C56H69ClF9N15O26P4S6. The number of phosphoric ester groups is 1. The molecule has 7 aromatic rings. The molecule has 3 saturated heterocycles. The zero-order chi connectivity index (χ0) is 86.4. The third kappa shape index (κ3) is 27.6. The second-order valence-electron chi connectivity index (χ2n) is 23.9. The molecule has 6 aromatic heterocycles. The Kier molecular flexibility index (Phi) is 34.6. The molecule has 10 heterocycles. The number of carbonyl (C=O) groups is 1. The maximum absolute atomic E-state index is 13.1. The number of benzene rings is 1. The summed E-state index contributed by atoms with van der Waals surface area (Å²) in [6.07, 6.45) is -15.5. The third-order valence-corrected chi connectivity index (χ3v) is 28.0. The van der Waals surface area contributed by atoms with Gasteiger partial charge in [-0.25, -0.2) is 32.9 Å². The molecule has 117 heavy (non-hydrogen) atoms. The molecule has 0 spiro atoms. The molecule has 0 bridgehead atoms. The minimum Gasteiger partial charge on any atom is -0.426 e. The van der Waals surface area contributed by atoms with Crippen molar-refractivity contribution in [1.82, 2.24) is 73.6 Å². The van der Waals surface area contributed by atoms with Gasteiger partial charge in [0.2, 0.25) is 0 Å². The number of rotatable bonds is 30. The number of aliphatic hydroxyl groups excluding tert-OH is 1. The highest BCUT2D eigenvalue weighted by molar-refractivity contribution is 8.77. The van der Waals surface area contributed by atoms with Gasteiger partial charge in [-0.15, -0.1) is 54.8 Å². The van der Waals surface area contributed by atoms with Crippen LogP contribution >= 0.6 is 107 Å². The SMILES string of the molecule is CCSSC(OC1CC(n2cc(C)c(=O)[nH]c2=O)OC1CC)c1cn(C(F)(F)F)nn1.CCSSC(OC1CC(n2cc(C)c(=O)[nH]c2=O)OC1CO)c1cn(C(F)(F)F)nn1.CCSSC(OC1CC(n2cc(C)c(=O)[nH]c2=O)OC1COP(=O)(O)OP(=O)(O)OP(=O)(O)O)c1cn(C(F)(F)F)nn1.O=C1OP(Cl)Oc2ccccc21. The fraction of sp³-hybridized carbons (Fsp3) is 0.554. The molecule has 61 heteroatoms. The van der Waals surface area contributed by atoms with Gasteiger partial charge in [-0.3, -0.25) is 47.6 Å². The molecule has 15 atom stereocenters. The van der Waals surface area contributed by atoms with Crippen molar-refractivity contribution in [2.45, 2.75) is 165 Å². The lowest BCUT2D eigenvalue weighted by molar-refractivity contribution is -0.214.